The average Bonchev–Trinajstić information content (AvgIpc) is 3.28. The fourth-order valence-corrected chi connectivity index (χ4v) is 3.37. The molecule has 5 rings (SSSR count). The summed E-state index contributed by atoms with van der Waals surface area (Å²) in [6.07, 6.45) is 3.41. The highest BCUT2D eigenvalue weighted by molar-refractivity contribution is 6.35. The molecule has 0 aliphatic rings. The number of nitrogens with one attached hydrogen (secondary N) is 1. The number of hydrogen-bond donors (Lipinski definition) is 2. The Bertz CT molecular complexity index is 1480. The maximum Gasteiger partial charge on any atom is 0.267 e. The van der Waals surface area contributed by atoms with E-state index in [0.29, 0.717) is 40.4 Å². The third-order valence-corrected chi connectivity index (χ3v) is 5.02. The smallest absolute Gasteiger partial charge is 0.267 e. The van der Waals surface area contributed by atoms with Crippen molar-refractivity contribution in [2.24, 2.45) is 0 Å². The lowest BCUT2D eigenvalue weighted by Gasteiger charge is -2.13. The molecule has 0 atom stereocenters. The highest BCUT2D eigenvalue weighted by Crippen LogP contribution is 2.23. The van der Waals surface area contributed by atoms with Crippen LogP contribution in [0.15, 0.2) is 53.8 Å². The summed E-state index contributed by atoms with van der Waals surface area (Å²) in [5.41, 5.74) is 7.10. The zero-order valence-electron chi connectivity index (χ0n) is 16.7. The molecule has 0 fully saturated rings. The van der Waals surface area contributed by atoms with Crippen molar-refractivity contribution in [1.82, 2.24) is 29.5 Å². The number of benzene rings is 2. The van der Waals surface area contributed by atoms with Crippen molar-refractivity contribution in [3.8, 4) is 5.69 Å². The largest absolute Gasteiger partial charge is 0.382 e. The number of halogens is 3. The summed E-state index contributed by atoms with van der Waals surface area (Å²) in [5.74, 6) is -0.162. The number of nitrogens with zero attached hydrogens (tertiary/aromatic N) is 5. The van der Waals surface area contributed by atoms with E-state index in [9.17, 15) is 13.6 Å². The van der Waals surface area contributed by atoms with Crippen LogP contribution in [0.25, 0.3) is 27.8 Å². The number of anilines is 1. The van der Waals surface area contributed by atoms with Gasteiger partial charge in [0.15, 0.2) is 11.5 Å². The van der Waals surface area contributed by atoms with E-state index < -0.39 is 17.2 Å². The van der Waals surface area contributed by atoms with Gasteiger partial charge in [-0.25, -0.2) is 28.7 Å². The van der Waals surface area contributed by atoms with Gasteiger partial charge in [-0.1, -0.05) is 18.5 Å². The highest BCUT2D eigenvalue weighted by Gasteiger charge is 2.16. The van der Waals surface area contributed by atoms with E-state index in [2.05, 4.69) is 24.9 Å². The number of aromatic nitrogens is 6. The predicted octanol–water partition coefficient (Wildman–Crippen LogP) is 3.81. The van der Waals surface area contributed by atoms with E-state index >= 15 is 0 Å². The van der Waals surface area contributed by atoms with Crippen molar-refractivity contribution < 1.29 is 8.78 Å². The first-order valence-corrected chi connectivity index (χ1v) is 9.83. The maximum absolute atomic E-state index is 13.6. The number of nitrogens with two attached hydrogens (primary N) is 1. The minimum absolute atomic E-state index is 0.0168. The van der Waals surface area contributed by atoms with Gasteiger partial charge in [0, 0.05) is 6.42 Å². The number of imidazole rings is 1. The molecular weight excluding hydrogens is 440 g/mol. The van der Waals surface area contributed by atoms with Crippen LogP contribution in [0.2, 0.25) is 5.02 Å². The number of H-pyrrole nitrogens is 1. The number of rotatable bonds is 2. The van der Waals surface area contributed by atoms with Crippen LogP contribution in [0.3, 0.4) is 0 Å². The number of aromatic amines is 1. The van der Waals surface area contributed by atoms with Gasteiger partial charge in [-0.15, -0.1) is 0 Å². The van der Waals surface area contributed by atoms with Crippen molar-refractivity contribution in [2.45, 2.75) is 13.3 Å². The molecule has 11 heteroatoms. The molecule has 0 bridgehead atoms. The molecular formula is C21H16ClF2N7O. The van der Waals surface area contributed by atoms with Gasteiger partial charge in [0.25, 0.3) is 5.56 Å². The number of nitrogen functional groups attached to an aromatic ring is 1. The summed E-state index contributed by atoms with van der Waals surface area (Å²) >= 11 is 5.92. The summed E-state index contributed by atoms with van der Waals surface area (Å²) in [7, 11) is 0. The molecule has 3 heterocycles. The van der Waals surface area contributed by atoms with Crippen LogP contribution in [-0.2, 0) is 6.42 Å². The van der Waals surface area contributed by atoms with Crippen LogP contribution in [0.5, 0.6) is 0 Å². The molecule has 0 amide bonds. The van der Waals surface area contributed by atoms with Gasteiger partial charge >= 0.3 is 0 Å². The Balaban J connectivity index is 0.000000203. The second-order valence-corrected chi connectivity index (χ2v) is 6.99. The molecule has 0 saturated carbocycles. The van der Waals surface area contributed by atoms with E-state index in [1.165, 1.54) is 53.6 Å². The van der Waals surface area contributed by atoms with Gasteiger partial charge in [-0.2, -0.15) is 0 Å². The summed E-state index contributed by atoms with van der Waals surface area (Å²) in [5, 5.41) is -0.239. The number of fused-ring (bicyclic) bond motifs is 2. The van der Waals surface area contributed by atoms with Crippen LogP contribution in [0.4, 0.5) is 14.6 Å². The minimum Gasteiger partial charge on any atom is -0.382 e. The maximum atomic E-state index is 13.6. The van der Waals surface area contributed by atoms with E-state index in [4.69, 9.17) is 17.3 Å². The van der Waals surface area contributed by atoms with Crippen LogP contribution >= 0.6 is 11.6 Å². The zero-order valence-corrected chi connectivity index (χ0v) is 17.4. The Morgan fingerprint density at radius 3 is 2.53 bits per heavy atom. The normalized spacial score (nSPS) is 10.9. The quantitative estimate of drug-likeness (QED) is 0.418. The molecule has 8 nitrogen and oxygen atoms in total. The fraction of sp³-hybridized carbons (Fsp3) is 0.0952. The standard InChI is InChI=1S/C16H11ClF2N2O.C5H5N5/c1-2-13-20-12-8-7-11(19)15(17)14(12)16(22)21(13)10-5-3-9(18)4-6-10;6-4-3-5(9-1-7-3)10-2-8-4/h3-8H,2H2,1H3;1-2H,(H3,6,7,8,9,10). The van der Waals surface area contributed by atoms with Crippen molar-refractivity contribution in [3.63, 3.8) is 0 Å². The van der Waals surface area contributed by atoms with Gasteiger partial charge in [-0.05, 0) is 36.4 Å². The van der Waals surface area contributed by atoms with Gasteiger partial charge in [-0.3, -0.25) is 9.36 Å². The molecule has 5 aromatic rings. The third kappa shape index (κ3) is 3.87. The number of aryl methyl sites for hydroxylation is 1. The van der Waals surface area contributed by atoms with Crippen LogP contribution < -0.4 is 11.3 Å². The first-order valence-electron chi connectivity index (χ1n) is 9.45. The first-order chi connectivity index (χ1) is 15.4. The Morgan fingerprint density at radius 2 is 1.84 bits per heavy atom. The molecule has 0 radical (unpaired) electrons. The Kier molecular flexibility index (Phi) is 5.78. The van der Waals surface area contributed by atoms with Crippen LogP contribution in [-0.4, -0.2) is 29.5 Å². The van der Waals surface area contributed by atoms with Gasteiger partial charge in [0.2, 0.25) is 0 Å². The molecule has 0 aliphatic carbocycles. The lowest BCUT2D eigenvalue weighted by molar-refractivity contribution is 0.627. The topological polar surface area (TPSA) is 115 Å². The molecule has 0 saturated heterocycles. The summed E-state index contributed by atoms with van der Waals surface area (Å²) in [4.78, 5) is 31.5. The minimum atomic E-state index is -0.678. The molecule has 32 heavy (non-hydrogen) atoms. The summed E-state index contributed by atoms with van der Waals surface area (Å²) in [6.45, 7) is 1.85. The average molecular weight is 456 g/mol. The first kappa shape index (κ1) is 21.3. The Hall–Kier alpha value is -3.92. The molecule has 3 N–H and O–H groups in total. The van der Waals surface area contributed by atoms with Gasteiger partial charge in [0.1, 0.15) is 29.3 Å². The second kappa shape index (κ2) is 8.67. The van der Waals surface area contributed by atoms with Crippen LogP contribution in [0, 0.1) is 11.6 Å². The SMILES string of the molecule is CCc1nc2ccc(F)c(Cl)c2c(=O)n1-c1ccc(F)cc1.Nc1ncnc2nc[nH]c12. The van der Waals surface area contributed by atoms with Crippen molar-refractivity contribution >= 4 is 39.5 Å². The van der Waals surface area contributed by atoms with Gasteiger partial charge < -0.3 is 10.7 Å². The predicted molar refractivity (Wildman–Crippen MR) is 118 cm³/mol. The van der Waals surface area contributed by atoms with Gasteiger partial charge in [0.05, 0.1) is 27.9 Å². The van der Waals surface area contributed by atoms with Crippen molar-refractivity contribution in [2.75, 3.05) is 5.73 Å². The molecule has 3 aromatic heterocycles. The highest BCUT2D eigenvalue weighted by atomic mass is 35.5. The van der Waals surface area contributed by atoms with Crippen LogP contribution in [0.1, 0.15) is 12.7 Å². The number of hydrogen-bond acceptors (Lipinski definition) is 6. The molecule has 2 aromatic carbocycles. The lowest BCUT2D eigenvalue weighted by atomic mass is 10.2. The third-order valence-electron chi connectivity index (χ3n) is 4.65. The molecule has 0 unspecified atom stereocenters. The Morgan fingerprint density at radius 1 is 1.09 bits per heavy atom. The van der Waals surface area contributed by atoms with Crippen molar-refractivity contribution in [1.29, 1.82) is 0 Å². The molecule has 162 valence electrons. The summed E-state index contributed by atoms with van der Waals surface area (Å²) < 4.78 is 28.0. The fourth-order valence-electron chi connectivity index (χ4n) is 3.13. The lowest BCUT2D eigenvalue weighted by Crippen LogP contribution is -2.24. The van der Waals surface area contributed by atoms with Crippen molar-refractivity contribution in [3.05, 3.63) is 81.9 Å². The second-order valence-electron chi connectivity index (χ2n) is 6.61. The summed E-state index contributed by atoms with van der Waals surface area (Å²) in [6, 6.07) is 8.04. The van der Waals surface area contributed by atoms with E-state index in [1.54, 1.807) is 0 Å². The van der Waals surface area contributed by atoms with E-state index in [0.717, 1.165) is 0 Å². The molecule has 0 aliphatic heterocycles. The Labute approximate surface area is 184 Å². The van der Waals surface area contributed by atoms with E-state index in [-0.39, 0.29) is 10.4 Å². The zero-order chi connectivity index (χ0) is 22.8. The molecule has 0 spiro atoms. The van der Waals surface area contributed by atoms with E-state index in [1.807, 2.05) is 6.92 Å². The monoisotopic (exact) mass is 455 g/mol.